The summed E-state index contributed by atoms with van der Waals surface area (Å²) in [7, 11) is 0. The molecule has 1 aliphatic heterocycles. The molecule has 0 fully saturated rings. The lowest BCUT2D eigenvalue weighted by atomic mass is 10.2. The molecule has 0 saturated heterocycles. The van der Waals surface area contributed by atoms with E-state index in [2.05, 4.69) is 10.3 Å². The number of nitrogens with one attached hydrogen (secondary N) is 1. The van der Waals surface area contributed by atoms with Crippen LogP contribution in [0.5, 0.6) is 5.75 Å². The van der Waals surface area contributed by atoms with Crippen molar-refractivity contribution in [3.05, 3.63) is 42.0 Å². The van der Waals surface area contributed by atoms with Crippen molar-refractivity contribution in [2.24, 2.45) is 0 Å². The first kappa shape index (κ1) is 15.6. The number of nitrogens with zero attached hydrogens (tertiary/aromatic N) is 2. The molecule has 0 bridgehead atoms. The van der Waals surface area contributed by atoms with Crippen LogP contribution in [0.3, 0.4) is 0 Å². The van der Waals surface area contributed by atoms with Crippen molar-refractivity contribution in [1.29, 1.82) is 0 Å². The Hall–Kier alpha value is -2.34. The molecule has 6 heteroatoms. The van der Waals surface area contributed by atoms with Crippen LogP contribution in [0.4, 0.5) is 0 Å². The second kappa shape index (κ2) is 6.83. The summed E-state index contributed by atoms with van der Waals surface area (Å²) in [5.41, 5.74) is 2.11. The van der Waals surface area contributed by atoms with Gasteiger partial charge >= 0.3 is 0 Å². The average Bonchev–Trinajstić information content (AvgIpc) is 2.98. The predicted octanol–water partition coefficient (Wildman–Crippen LogP) is 2.31. The Morgan fingerprint density at radius 3 is 3.09 bits per heavy atom. The quantitative estimate of drug-likeness (QED) is 0.831. The number of carbonyl (C=O) groups excluding carboxylic acids is 1. The van der Waals surface area contributed by atoms with Crippen LogP contribution in [0, 0.1) is 0 Å². The lowest BCUT2D eigenvalue weighted by molar-refractivity contribution is 0.0756. The molecule has 122 valence electrons. The highest BCUT2D eigenvalue weighted by atomic mass is 16.5. The van der Waals surface area contributed by atoms with Crippen LogP contribution in [0.25, 0.3) is 5.69 Å². The van der Waals surface area contributed by atoms with Gasteiger partial charge in [0, 0.05) is 13.2 Å². The Labute approximate surface area is 135 Å². The minimum Gasteiger partial charge on any atom is -0.485 e. The Kier molecular flexibility index (Phi) is 4.62. The summed E-state index contributed by atoms with van der Waals surface area (Å²) in [4.78, 5) is 16.6. The van der Waals surface area contributed by atoms with Gasteiger partial charge in [-0.1, -0.05) is 12.1 Å². The maximum atomic E-state index is 12.3. The summed E-state index contributed by atoms with van der Waals surface area (Å²) in [5, 5.41) is 2.88. The molecule has 2 heterocycles. The van der Waals surface area contributed by atoms with E-state index in [4.69, 9.17) is 9.47 Å². The summed E-state index contributed by atoms with van der Waals surface area (Å²) in [5.74, 6) is 0.626. The first-order chi connectivity index (χ1) is 11.2. The number of benzene rings is 1. The van der Waals surface area contributed by atoms with Gasteiger partial charge in [0.2, 0.25) is 0 Å². The molecule has 23 heavy (non-hydrogen) atoms. The lowest BCUT2D eigenvalue weighted by Gasteiger charge is -2.20. The van der Waals surface area contributed by atoms with Crippen LogP contribution >= 0.6 is 0 Å². The van der Waals surface area contributed by atoms with Crippen molar-refractivity contribution in [3.8, 4) is 11.4 Å². The molecule has 3 rings (SSSR count). The molecule has 0 saturated carbocycles. The number of hydrogen-bond acceptors (Lipinski definition) is 4. The van der Waals surface area contributed by atoms with E-state index in [0.29, 0.717) is 25.5 Å². The lowest BCUT2D eigenvalue weighted by Crippen LogP contribution is -2.27. The van der Waals surface area contributed by atoms with Crippen molar-refractivity contribution >= 4 is 5.91 Å². The topological polar surface area (TPSA) is 65.4 Å². The van der Waals surface area contributed by atoms with Gasteiger partial charge in [0.15, 0.2) is 5.69 Å². The zero-order valence-corrected chi connectivity index (χ0v) is 13.4. The average molecular weight is 315 g/mol. The smallest absolute Gasteiger partial charge is 0.271 e. The van der Waals surface area contributed by atoms with Crippen LogP contribution in [-0.2, 0) is 11.3 Å². The number of ether oxygens (including phenoxy) is 2. The number of imidazole rings is 1. The van der Waals surface area contributed by atoms with E-state index in [9.17, 15) is 4.79 Å². The molecule has 1 aromatic carbocycles. The van der Waals surface area contributed by atoms with Gasteiger partial charge in [-0.05, 0) is 32.4 Å². The summed E-state index contributed by atoms with van der Waals surface area (Å²) in [6.45, 7) is 5.53. The number of carbonyl (C=O) groups is 1. The van der Waals surface area contributed by atoms with Gasteiger partial charge in [-0.15, -0.1) is 0 Å². The van der Waals surface area contributed by atoms with Crippen molar-refractivity contribution < 1.29 is 14.3 Å². The molecule has 6 nitrogen and oxygen atoms in total. The molecular weight excluding hydrogens is 294 g/mol. The number of hydrogen-bond donors (Lipinski definition) is 1. The van der Waals surface area contributed by atoms with Gasteiger partial charge in [0.05, 0.1) is 17.5 Å². The Morgan fingerprint density at radius 1 is 1.43 bits per heavy atom. The molecule has 1 aromatic heterocycles. The highest BCUT2D eigenvalue weighted by Gasteiger charge is 2.24. The van der Waals surface area contributed by atoms with Gasteiger partial charge in [0.25, 0.3) is 5.91 Å². The molecule has 0 spiro atoms. The van der Waals surface area contributed by atoms with Gasteiger partial charge in [-0.3, -0.25) is 9.36 Å². The molecular formula is C17H21N3O3. The summed E-state index contributed by atoms with van der Waals surface area (Å²) >= 11 is 0. The third-order valence-electron chi connectivity index (χ3n) is 3.63. The third-order valence-corrected chi connectivity index (χ3v) is 3.63. The van der Waals surface area contributed by atoms with Gasteiger partial charge in [-0.25, -0.2) is 4.98 Å². The van der Waals surface area contributed by atoms with Gasteiger partial charge in [-0.2, -0.15) is 0 Å². The first-order valence-electron chi connectivity index (χ1n) is 7.85. The number of fused-ring (bicyclic) bond motifs is 3. The second-order valence-corrected chi connectivity index (χ2v) is 5.70. The minimum atomic E-state index is -0.175. The highest BCUT2D eigenvalue weighted by Crippen LogP contribution is 2.30. The third kappa shape index (κ3) is 3.37. The van der Waals surface area contributed by atoms with E-state index in [-0.39, 0.29) is 12.0 Å². The Balaban J connectivity index is 1.64. The van der Waals surface area contributed by atoms with E-state index in [1.54, 1.807) is 6.33 Å². The van der Waals surface area contributed by atoms with Crippen LogP contribution in [0.2, 0.25) is 0 Å². The zero-order valence-electron chi connectivity index (χ0n) is 13.4. The summed E-state index contributed by atoms with van der Waals surface area (Å²) in [6.07, 6.45) is 2.66. The minimum absolute atomic E-state index is 0.175. The van der Waals surface area contributed by atoms with Crippen molar-refractivity contribution in [2.45, 2.75) is 33.0 Å². The molecule has 0 radical (unpaired) electrons. The predicted molar refractivity (Wildman–Crippen MR) is 85.9 cm³/mol. The van der Waals surface area contributed by atoms with Crippen LogP contribution in [0.15, 0.2) is 30.6 Å². The normalized spacial score (nSPS) is 12.5. The van der Waals surface area contributed by atoms with E-state index >= 15 is 0 Å². The van der Waals surface area contributed by atoms with E-state index in [0.717, 1.165) is 23.6 Å². The fourth-order valence-corrected chi connectivity index (χ4v) is 2.51. The van der Waals surface area contributed by atoms with Gasteiger partial charge in [0.1, 0.15) is 18.7 Å². The van der Waals surface area contributed by atoms with Crippen molar-refractivity contribution in [1.82, 2.24) is 14.9 Å². The maximum absolute atomic E-state index is 12.3. The number of amides is 1. The molecule has 1 aliphatic rings. The first-order valence-corrected chi connectivity index (χ1v) is 7.85. The van der Waals surface area contributed by atoms with Gasteiger partial charge < -0.3 is 14.8 Å². The molecule has 0 unspecified atom stereocenters. The molecule has 1 N–H and O–H groups in total. The Bertz CT molecular complexity index is 694. The standard InChI is InChI=1S/C17H21N3O3/c1-12(2)22-9-5-8-18-17(21)16-14-10-23-15-7-4-3-6-13(15)20(14)11-19-16/h3-4,6-7,11-12H,5,8-10H2,1-2H3,(H,18,21). The summed E-state index contributed by atoms with van der Waals surface area (Å²) in [6, 6.07) is 7.72. The molecule has 1 amide bonds. The van der Waals surface area contributed by atoms with E-state index < -0.39 is 0 Å². The van der Waals surface area contributed by atoms with Crippen LogP contribution in [0.1, 0.15) is 36.5 Å². The van der Waals surface area contributed by atoms with Crippen LogP contribution in [-0.4, -0.2) is 34.7 Å². The largest absolute Gasteiger partial charge is 0.485 e. The number of rotatable bonds is 6. The monoisotopic (exact) mass is 315 g/mol. The van der Waals surface area contributed by atoms with Crippen LogP contribution < -0.4 is 10.1 Å². The molecule has 0 aliphatic carbocycles. The van der Waals surface area contributed by atoms with Crippen molar-refractivity contribution in [2.75, 3.05) is 13.2 Å². The Morgan fingerprint density at radius 2 is 2.26 bits per heavy atom. The molecule has 2 aromatic rings. The number of para-hydroxylation sites is 2. The fraction of sp³-hybridized carbons (Fsp3) is 0.412. The molecule has 0 atom stereocenters. The van der Waals surface area contributed by atoms with E-state index in [1.807, 2.05) is 42.7 Å². The van der Waals surface area contributed by atoms with Crippen molar-refractivity contribution in [3.63, 3.8) is 0 Å². The second-order valence-electron chi connectivity index (χ2n) is 5.70. The fourth-order valence-electron chi connectivity index (χ4n) is 2.51. The number of aromatic nitrogens is 2. The summed E-state index contributed by atoms with van der Waals surface area (Å²) < 4.78 is 13.1. The van der Waals surface area contributed by atoms with E-state index in [1.165, 1.54) is 0 Å². The highest BCUT2D eigenvalue weighted by molar-refractivity contribution is 5.93. The SMILES string of the molecule is CC(C)OCCCNC(=O)c1ncn2c1COc1ccccc1-2. The maximum Gasteiger partial charge on any atom is 0.271 e. The zero-order chi connectivity index (χ0) is 16.2.